The molecule has 74 valence electrons. The van der Waals surface area contributed by atoms with Crippen molar-refractivity contribution in [1.82, 2.24) is 4.98 Å². The SMILES string of the molecule is O=C(C=NC=S)c1c[nH]c2ccccc12. The van der Waals surface area contributed by atoms with Crippen LogP contribution >= 0.6 is 12.2 Å². The third-order valence-corrected chi connectivity index (χ3v) is 2.23. The van der Waals surface area contributed by atoms with Crippen molar-refractivity contribution in [3.8, 4) is 0 Å². The highest BCUT2D eigenvalue weighted by Gasteiger charge is 2.08. The number of Topliss-reactive ketones (excluding diaryl/α,β-unsaturated/α-hetero) is 1. The second-order valence-corrected chi connectivity index (χ2v) is 3.21. The number of ketones is 1. The third kappa shape index (κ3) is 1.85. The molecule has 0 radical (unpaired) electrons. The first kappa shape index (κ1) is 9.73. The smallest absolute Gasteiger partial charge is 0.206 e. The van der Waals surface area contributed by atoms with Crippen molar-refractivity contribution in [3.63, 3.8) is 0 Å². The topological polar surface area (TPSA) is 45.2 Å². The van der Waals surface area contributed by atoms with E-state index >= 15 is 0 Å². The quantitative estimate of drug-likeness (QED) is 0.486. The van der Waals surface area contributed by atoms with E-state index in [2.05, 4.69) is 22.2 Å². The van der Waals surface area contributed by atoms with Crippen LogP contribution in [0, 0.1) is 0 Å². The van der Waals surface area contributed by atoms with Gasteiger partial charge in [0.15, 0.2) is 0 Å². The van der Waals surface area contributed by atoms with E-state index < -0.39 is 0 Å². The Kier molecular flexibility index (Phi) is 2.69. The summed E-state index contributed by atoms with van der Waals surface area (Å²) in [4.78, 5) is 18.3. The molecule has 1 aromatic heterocycles. The average Bonchev–Trinajstić information content (AvgIpc) is 2.69. The maximum absolute atomic E-state index is 11.6. The van der Waals surface area contributed by atoms with E-state index in [1.165, 1.54) is 11.7 Å². The standard InChI is InChI=1S/C11H8N2OS/c14-11(6-12-7-15)9-5-13-10-4-2-1-3-8(9)10/h1-7,13H. The number of H-pyrrole nitrogens is 1. The predicted octanol–water partition coefficient (Wildman–Crippen LogP) is 2.38. The summed E-state index contributed by atoms with van der Waals surface area (Å²) in [7, 11) is 0. The van der Waals surface area contributed by atoms with Gasteiger partial charge in [0, 0.05) is 22.7 Å². The van der Waals surface area contributed by atoms with Gasteiger partial charge in [0.1, 0.15) is 0 Å². The molecule has 0 aliphatic carbocycles. The Labute approximate surface area is 91.8 Å². The number of aromatic amines is 1. The first-order valence-corrected chi connectivity index (χ1v) is 4.87. The highest BCUT2D eigenvalue weighted by molar-refractivity contribution is 7.78. The number of carbonyl (C=O) groups is 1. The van der Waals surface area contributed by atoms with Crippen LogP contribution in [0.15, 0.2) is 35.5 Å². The van der Waals surface area contributed by atoms with Gasteiger partial charge in [-0.05, 0) is 6.07 Å². The van der Waals surface area contributed by atoms with Crippen molar-refractivity contribution in [2.24, 2.45) is 4.99 Å². The third-order valence-electron chi connectivity index (χ3n) is 2.11. The molecule has 1 heterocycles. The zero-order valence-corrected chi connectivity index (χ0v) is 8.62. The maximum Gasteiger partial charge on any atom is 0.206 e. The molecule has 1 aromatic carbocycles. The van der Waals surface area contributed by atoms with Gasteiger partial charge in [-0.1, -0.05) is 30.4 Å². The molecule has 0 bridgehead atoms. The number of nitrogens with one attached hydrogen (secondary N) is 1. The lowest BCUT2D eigenvalue weighted by molar-refractivity contribution is 0.107. The predicted molar refractivity (Wildman–Crippen MR) is 64.8 cm³/mol. The van der Waals surface area contributed by atoms with Gasteiger partial charge < -0.3 is 4.98 Å². The number of para-hydroxylation sites is 1. The van der Waals surface area contributed by atoms with Gasteiger partial charge in [-0.3, -0.25) is 4.79 Å². The van der Waals surface area contributed by atoms with E-state index in [9.17, 15) is 4.79 Å². The molecule has 0 saturated carbocycles. The van der Waals surface area contributed by atoms with Crippen LogP contribution in [-0.4, -0.2) is 22.5 Å². The van der Waals surface area contributed by atoms with Crippen molar-refractivity contribution in [2.75, 3.05) is 0 Å². The second-order valence-electron chi connectivity index (χ2n) is 3.00. The molecule has 0 atom stereocenters. The summed E-state index contributed by atoms with van der Waals surface area (Å²) in [6, 6.07) is 7.62. The van der Waals surface area contributed by atoms with Gasteiger partial charge in [-0.15, -0.1) is 0 Å². The van der Waals surface area contributed by atoms with Gasteiger partial charge in [-0.25, -0.2) is 4.99 Å². The fourth-order valence-electron chi connectivity index (χ4n) is 1.44. The van der Waals surface area contributed by atoms with Gasteiger partial charge in [0.25, 0.3) is 0 Å². The summed E-state index contributed by atoms with van der Waals surface area (Å²) < 4.78 is 0. The molecule has 2 aromatic rings. The van der Waals surface area contributed by atoms with Crippen molar-refractivity contribution in [2.45, 2.75) is 0 Å². The lowest BCUT2D eigenvalue weighted by Gasteiger charge is -1.91. The summed E-state index contributed by atoms with van der Waals surface area (Å²) in [5.74, 6) is -0.145. The van der Waals surface area contributed by atoms with Crippen LogP contribution in [-0.2, 0) is 0 Å². The van der Waals surface area contributed by atoms with Crippen molar-refractivity contribution in [1.29, 1.82) is 0 Å². The number of benzene rings is 1. The average molecular weight is 216 g/mol. The molecule has 3 nitrogen and oxygen atoms in total. The molecule has 15 heavy (non-hydrogen) atoms. The largest absolute Gasteiger partial charge is 0.360 e. The Balaban J connectivity index is 2.48. The molecule has 0 spiro atoms. The number of thiocarbonyl (C=S) groups is 1. The van der Waals surface area contributed by atoms with Crippen LogP contribution in [0.1, 0.15) is 10.4 Å². The van der Waals surface area contributed by atoms with Crippen molar-refractivity contribution in [3.05, 3.63) is 36.0 Å². The van der Waals surface area contributed by atoms with E-state index in [1.807, 2.05) is 24.3 Å². The minimum atomic E-state index is -0.145. The number of rotatable bonds is 3. The normalized spacial score (nSPS) is 10.9. The van der Waals surface area contributed by atoms with Crippen LogP contribution < -0.4 is 0 Å². The summed E-state index contributed by atoms with van der Waals surface area (Å²) in [6.45, 7) is 0. The fourth-order valence-corrected chi connectivity index (χ4v) is 1.50. The fraction of sp³-hybridized carbons (Fsp3) is 0. The molecule has 0 amide bonds. The summed E-state index contributed by atoms with van der Waals surface area (Å²) in [6.07, 6.45) is 2.91. The van der Waals surface area contributed by atoms with Crippen LogP contribution in [0.2, 0.25) is 0 Å². The summed E-state index contributed by atoms with van der Waals surface area (Å²) in [5, 5.41) is 0.901. The number of aromatic nitrogens is 1. The van der Waals surface area contributed by atoms with E-state index in [4.69, 9.17) is 0 Å². The minimum Gasteiger partial charge on any atom is -0.360 e. The Morgan fingerprint density at radius 2 is 2.20 bits per heavy atom. The molecule has 2 rings (SSSR count). The van der Waals surface area contributed by atoms with Crippen LogP contribution in [0.4, 0.5) is 0 Å². The molecule has 4 heteroatoms. The lowest BCUT2D eigenvalue weighted by atomic mass is 10.1. The minimum absolute atomic E-state index is 0.145. The van der Waals surface area contributed by atoms with E-state index in [1.54, 1.807) is 6.20 Å². The van der Waals surface area contributed by atoms with Gasteiger partial charge >= 0.3 is 0 Å². The highest BCUT2D eigenvalue weighted by atomic mass is 32.1. The van der Waals surface area contributed by atoms with Crippen molar-refractivity contribution < 1.29 is 4.79 Å². The number of hydrogen-bond donors (Lipinski definition) is 1. The Bertz CT molecular complexity index is 542. The summed E-state index contributed by atoms with van der Waals surface area (Å²) >= 11 is 4.51. The Morgan fingerprint density at radius 3 is 3.00 bits per heavy atom. The van der Waals surface area contributed by atoms with E-state index in [0.717, 1.165) is 10.9 Å². The zero-order valence-electron chi connectivity index (χ0n) is 7.81. The van der Waals surface area contributed by atoms with E-state index in [0.29, 0.717) is 5.56 Å². The molecule has 0 fully saturated rings. The number of hydrogen-bond acceptors (Lipinski definition) is 2. The molecule has 0 aliphatic rings. The Hall–Kier alpha value is -1.81. The number of carbonyl (C=O) groups excluding carboxylic acids is 1. The van der Waals surface area contributed by atoms with Crippen LogP contribution in [0.5, 0.6) is 0 Å². The van der Waals surface area contributed by atoms with E-state index in [-0.39, 0.29) is 5.78 Å². The van der Waals surface area contributed by atoms with Gasteiger partial charge in [0.2, 0.25) is 5.78 Å². The van der Waals surface area contributed by atoms with Gasteiger partial charge in [-0.2, -0.15) is 0 Å². The molecular weight excluding hydrogens is 208 g/mol. The number of aliphatic imine (C=N–C) groups is 1. The van der Waals surface area contributed by atoms with Crippen LogP contribution in [0.3, 0.4) is 0 Å². The van der Waals surface area contributed by atoms with Crippen LogP contribution in [0.25, 0.3) is 10.9 Å². The summed E-state index contributed by atoms with van der Waals surface area (Å²) in [5.41, 5.74) is 2.73. The first-order chi connectivity index (χ1) is 7.33. The molecule has 0 unspecified atom stereocenters. The molecule has 1 N–H and O–H groups in total. The number of fused-ring (bicyclic) bond motifs is 1. The second kappa shape index (κ2) is 4.14. The monoisotopic (exact) mass is 216 g/mol. The Morgan fingerprint density at radius 1 is 1.40 bits per heavy atom. The zero-order chi connectivity index (χ0) is 10.7. The maximum atomic E-state index is 11.6. The van der Waals surface area contributed by atoms with Crippen molar-refractivity contribution >= 4 is 40.6 Å². The highest BCUT2D eigenvalue weighted by Crippen LogP contribution is 2.17. The molecule has 0 saturated heterocycles. The number of nitrogens with zero attached hydrogens (tertiary/aromatic N) is 1. The van der Waals surface area contributed by atoms with Gasteiger partial charge in [0.05, 0.1) is 11.7 Å². The molecular formula is C11H8N2OS. The first-order valence-electron chi connectivity index (χ1n) is 4.40. The molecule has 0 aliphatic heterocycles. The lowest BCUT2D eigenvalue weighted by Crippen LogP contribution is -1.98.